The molecule has 2 nitrogen and oxygen atoms in total. The van der Waals surface area contributed by atoms with Crippen molar-refractivity contribution in [3.8, 4) is 0 Å². The summed E-state index contributed by atoms with van der Waals surface area (Å²) in [6.07, 6.45) is 4.53. The van der Waals surface area contributed by atoms with E-state index >= 15 is 0 Å². The molecule has 0 aliphatic carbocycles. The molecule has 0 aromatic heterocycles. The van der Waals surface area contributed by atoms with Gasteiger partial charge in [0.05, 0.1) is 12.7 Å². The number of methoxy groups -OCH3 is 1. The first-order chi connectivity index (χ1) is 7.67. The van der Waals surface area contributed by atoms with Gasteiger partial charge in [-0.05, 0) is 30.2 Å². The number of carbonyl (C=O) groups is 1. The molecular formula is C12H12BrFO2. The van der Waals surface area contributed by atoms with E-state index in [2.05, 4.69) is 20.7 Å². The van der Waals surface area contributed by atoms with Crippen LogP contribution < -0.4 is 0 Å². The Balaban J connectivity index is 2.94. The van der Waals surface area contributed by atoms with Crippen LogP contribution in [0.4, 0.5) is 4.39 Å². The zero-order valence-electron chi connectivity index (χ0n) is 8.87. The van der Waals surface area contributed by atoms with Gasteiger partial charge in [0.25, 0.3) is 0 Å². The average molecular weight is 287 g/mol. The summed E-state index contributed by atoms with van der Waals surface area (Å²) in [5.74, 6) is -0.976. The van der Waals surface area contributed by atoms with E-state index in [4.69, 9.17) is 0 Å². The molecule has 1 aromatic carbocycles. The molecule has 1 aromatic rings. The zero-order valence-corrected chi connectivity index (χ0v) is 10.5. The van der Waals surface area contributed by atoms with Crippen molar-refractivity contribution >= 4 is 28.0 Å². The molecule has 86 valence electrons. The van der Waals surface area contributed by atoms with E-state index in [-0.39, 0.29) is 5.56 Å². The highest BCUT2D eigenvalue weighted by Gasteiger charge is 2.07. The lowest BCUT2D eigenvalue weighted by Crippen LogP contribution is -2.01. The van der Waals surface area contributed by atoms with Crippen LogP contribution in [-0.4, -0.2) is 18.4 Å². The van der Waals surface area contributed by atoms with Gasteiger partial charge < -0.3 is 4.74 Å². The maximum Gasteiger partial charge on any atom is 0.337 e. The van der Waals surface area contributed by atoms with Gasteiger partial charge in [-0.1, -0.05) is 28.1 Å². The number of hydrogen-bond acceptors (Lipinski definition) is 2. The predicted octanol–water partition coefficient (Wildman–Crippen LogP) is 3.41. The third-order valence-corrected chi connectivity index (χ3v) is 2.39. The quantitative estimate of drug-likeness (QED) is 0.626. The van der Waals surface area contributed by atoms with Gasteiger partial charge in [0, 0.05) is 5.33 Å². The molecular weight excluding hydrogens is 275 g/mol. The van der Waals surface area contributed by atoms with Crippen LogP contribution in [0.1, 0.15) is 22.3 Å². The third kappa shape index (κ3) is 3.77. The minimum absolute atomic E-state index is 0.223. The summed E-state index contributed by atoms with van der Waals surface area (Å²) < 4.78 is 17.7. The van der Waals surface area contributed by atoms with E-state index in [1.54, 1.807) is 12.1 Å². The van der Waals surface area contributed by atoms with Crippen molar-refractivity contribution in [2.75, 3.05) is 12.4 Å². The largest absolute Gasteiger partial charge is 0.465 e. The second-order valence-corrected chi connectivity index (χ2v) is 3.94. The van der Waals surface area contributed by atoms with E-state index < -0.39 is 11.8 Å². The molecule has 16 heavy (non-hydrogen) atoms. The molecule has 1 rings (SSSR count). The minimum Gasteiger partial charge on any atom is -0.465 e. The molecule has 0 fully saturated rings. The van der Waals surface area contributed by atoms with E-state index in [1.165, 1.54) is 13.2 Å². The van der Waals surface area contributed by atoms with Gasteiger partial charge in [-0.3, -0.25) is 0 Å². The summed E-state index contributed by atoms with van der Waals surface area (Å²) in [5, 5.41) is 0.850. The lowest BCUT2D eigenvalue weighted by molar-refractivity contribution is 0.0600. The SMILES string of the molecule is COC(=O)c1cc(F)cc(C=CCCBr)c1. The number of esters is 1. The Hall–Kier alpha value is -1.16. The number of alkyl halides is 1. The topological polar surface area (TPSA) is 26.3 Å². The van der Waals surface area contributed by atoms with Crippen LogP contribution in [-0.2, 0) is 4.74 Å². The van der Waals surface area contributed by atoms with Crippen LogP contribution in [0.25, 0.3) is 6.08 Å². The van der Waals surface area contributed by atoms with Crippen molar-refractivity contribution in [2.45, 2.75) is 6.42 Å². The first-order valence-corrected chi connectivity index (χ1v) is 5.91. The number of hydrogen-bond donors (Lipinski definition) is 0. The standard InChI is InChI=1S/C12H12BrFO2/c1-16-12(15)10-6-9(4-2-3-5-13)7-11(14)8-10/h2,4,6-8H,3,5H2,1H3. The number of halogens is 2. The Morgan fingerprint density at radius 2 is 2.25 bits per heavy atom. The van der Waals surface area contributed by atoms with Gasteiger partial charge in [-0.25, -0.2) is 9.18 Å². The second kappa shape index (κ2) is 6.43. The Morgan fingerprint density at radius 1 is 1.50 bits per heavy atom. The highest BCUT2D eigenvalue weighted by Crippen LogP contribution is 2.12. The number of allylic oxidation sites excluding steroid dienone is 1. The van der Waals surface area contributed by atoms with Gasteiger partial charge >= 0.3 is 5.97 Å². The molecule has 0 spiro atoms. The molecule has 0 amide bonds. The Kier molecular flexibility index (Phi) is 5.19. The highest BCUT2D eigenvalue weighted by atomic mass is 79.9. The summed E-state index contributed by atoms with van der Waals surface area (Å²) in [4.78, 5) is 11.2. The van der Waals surface area contributed by atoms with Crippen molar-refractivity contribution in [3.05, 3.63) is 41.2 Å². The molecule has 4 heteroatoms. The van der Waals surface area contributed by atoms with E-state index in [1.807, 2.05) is 6.08 Å². The van der Waals surface area contributed by atoms with Crippen LogP contribution in [0.2, 0.25) is 0 Å². The Bertz CT molecular complexity index is 402. The van der Waals surface area contributed by atoms with Gasteiger partial charge in [-0.15, -0.1) is 0 Å². The molecule has 0 aliphatic rings. The van der Waals surface area contributed by atoms with Gasteiger partial charge in [-0.2, -0.15) is 0 Å². The smallest absolute Gasteiger partial charge is 0.337 e. The second-order valence-electron chi connectivity index (χ2n) is 3.14. The van der Waals surface area contributed by atoms with Gasteiger partial charge in [0.2, 0.25) is 0 Å². The van der Waals surface area contributed by atoms with Crippen LogP contribution >= 0.6 is 15.9 Å². The van der Waals surface area contributed by atoms with Crippen molar-refractivity contribution in [3.63, 3.8) is 0 Å². The summed E-state index contributed by atoms with van der Waals surface area (Å²) in [6.45, 7) is 0. The summed E-state index contributed by atoms with van der Waals surface area (Å²) in [7, 11) is 1.27. The Labute approximate surface area is 102 Å². The lowest BCUT2D eigenvalue weighted by atomic mass is 10.1. The average Bonchev–Trinajstić information content (AvgIpc) is 2.27. The van der Waals surface area contributed by atoms with Crippen molar-refractivity contribution in [1.29, 1.82) is 0 Å². The summed E-state index contributed by atoms with van der Waals surface area (Å²) >= 11 is 3.29. The van der Waals surface area contributed by atoms with Crippen LogP contribution in [0.3, 0.4) is 0 Å². The molecule has 0 heterocycles. The molecule has 0 saturated heterocycles. The number of carbonyl (C=O) groups excluding carboxylic acids is 1. The fraction of sp³-hybridized carbons (Fsp3) is 0.250. The normalized spacial score (nSPS) is 10.7. The highest BCUT2D eigenvalue weighted by molar-refractivity contribution is 9.09. The minimum atomic E-state index is -0.533. The zero-order chi connectivity index (χ0) is 12.0. The third-order valence-electron chi connectivity index (χ3n) is 1.93. The monoisotopic (exact) mass is 286 g/mol. The maximum atomic E-state index is 13.2. The number of benzene rings is 1. The van der Waals surface area contributed by atoms with Crippen molar-refractivity contribution < 1.29 is 13.9 Å². The fourth-order valence-electron chi connectivity index (χ4n) is 1.23. The molecule has 0 radical (unpaired) electrons. The number of rotatable bonds is 4. The van der Waals surface area contributed by atoms with Crippen molar-refractivity contribution in [1.82, 2.24) is 0 Å². The summed E-state index contributed by atoms with van der Waals surface area (Å²) in [6, 6.07) is 4.13. The van der Waals surface area contributed by atoms with Crippen LogP contribution in [0.15, 0.2) is 24.3 Å². The van der Waals surface area contributed by atoms with E-state index in [9.17, 15) is 9.18 Å². The van der Waals surface area contributed by atoms with Crippen LogP contribution in [0, 0.1) is 5.82 Å². The molecule has 0 N–H and O–H groups in total. The summed E-state index contributed by atoms with van der Waals surface area (Å²) in [5.41, 5.74) is 0.877. The van der Waals surface area contributed by atoms with E-state index in [0.29, 0.717) is 5.56 Å². The fourth-order valence-corrected chi connectivity index (χ4v) is 1.49. The number of ether oxygens (including phenoxy) is 1. The molecule has 0 bridgehead atoms. The molecule has 0 saturated carbocycles. The van der Waals surface area contributed by atoms with Gasteiger partial charge in [0.1, 0.15) is 5.82 Å². The van der Waals surface area contributed by atoms with Gasteiger partial charge in [0.15, 0.2) is 0 Å². The maximum absolute atomic E-state index is 13.2. The Morgan fingerprint density at radius 3 is 2.88 bits per heavy atom. The van der Waals surface area contributed by atoms with Crippen LogP contribution in [0.5, 0.6) is 0 Å². The lowest BCUT2D eigenvalue weighted by Gasteiger charge is -2.01. The molecule has 0 atom stereocenters. The van der Waals surface area contributed by atoms with Crippen molar-refractivity contribution in [2.24, 2.45) is 0 Å². The first-order valence-electron chi connectivity index (χ1n) is 4.79. The van der Waals surface area contributed by atoms with E-state index in [0.717, 1.165) is 17.8 Å². The molecule has 0 unspecified atom stereocenters. The predicted molar refractivity (Wildman–Crippen MR) is 65.2 cm³/mol. The first kappa shape index (κ1) is 12.9. The molecule has 0 aliphatic heterocycles.